The summed E-state index contributed by atoms with van der Waals surface area (Å²) in [5.74, 6) is 0.411. The Bertz CT molecular complexity index is 685. The second kappa shape index (κ2) is 5.47. The Kier molecular flexibility index (Phi) is 3.51. The molecule has 0 atom stereocenters. The molecule has 5 nitrogen and oxygen atoms in total. The van der Waals surface area contributed by atoms with Crippen LogP contribution in [0.5, 0.6) is 0 Å². The summed E-state index contributed by atoms with van der Waals surface area (Å²) in [6, 6.07) is 7.89. The predicted molar refractivity (Wildman–Crippen MR) is 76.9 cm³/mol. The van der Waals surface area contributed by atoms with Crippen LogP contribution in [0.2, 0.25) is 0 Å². The lowest BCUT2D eigenvalue weighted by molar-refractivity contribution is 0.0945. The summed E-state index contributed by atoms with van der Waals surface area (Å²) >= 11 is 0. The lowest BCUT2D eigenvalue weighted by Gasteiger charge is -2.09. The average Bonchev–Trinajstić information content (AvgIpc) is 3.22. The molecule has 1 aliphatic carbocycles. The van der Waals surface area contributed by atoms with E-state index in [2.05, 4.69) is 20.6 Å². The zero-order chi connectivity index (χ0) is 14.8. The fourth-order valence-corrected chi connectivity index (χ4v) is 1.95. The number of anilines is 2. The van der Waals surface area contributed by atoms with Crippen molar-refractivity contribution in [1.82, 2.24) is 15.3 Å². The van der Waals surface area contributed by atoms with Crippen LogP contribution in [0.25, 0.3) is 0 Å². The summed E-state index contributed by atoms with van der Waals surface area (Å²) < 4.78 is 13.2. The molecular formula is C15H15FN4O. The average molecular weight is 286 g/mol. The molecule has 0 radical (unpaired) electrons. The van der Waals surface area contributed by atoms with Gasteiger partial charge in [0.1, 0.15) is 23.2 Å². The normalized spacial score (nSPS) is 13.8. The first-order valence-corrected chi connectivity index (χ1v) is 6.79. The Morgan fingerprint density at radius 3 is 2.81 bits per heavy atom. The molecule has 108 valence electrons. The van der Waals surface area contributed by atoms with Crippen molar-refractivity contribution >= 4 is 17.4 Å². The third-order valence-electron chi connectivity index (χ3n) is 3.08. The Hall–Kier alpha value is -2.50. The maximum absolute atomic E-state index is 13.2. The molecule has 2 N–H and O–H groups in total. The molecule has 1 aromatic heterocycles. The maximum atomic E-state index is 13.2. The third-order valence-corrected chi connectivity index (χ3v) is 3.08. The quantitative estimate of drug-likeness (QED) is 0.906. The monoisotopic (exact) mass is 286 g/mol. The van der Waals surface area contributed by atoms with Crippen LogP contribution in [-0.2, 0) is 0 Å². The van der Waals surface area contributed by atoms with Crippen molar-refractivity contribution in [3.8, 4) is 0 Å². The molecule has 0 spiro atoms. The molecule has 0 saturated heterocycles. The van der Waals surface area contributed by atoms with Gasteiger partial charge >= 0.3 is 0 Å². The second-order valence-corrected chi connectivity index (χ2v) is 5.07. The summed E-state index contributed by atoms with van der Waals surface area (Å²) in [4.78, 5) is 20.4. The van der Waals surface area contributed by atoms with Crippen LogP contribution < -0.4 is 10.6 Å². The number of aryl methyl sites for hydroxylation is 1. The van der Waals surface area contributed by atoms with Crippen molar-refractivity contribution in [1.29, 1.82) is 0 Å². The van der Waals surface area contributed by atoms with Gasteiger partial charge in [-0.15, -0.1) is 0 Å². The lowest BCUT2D eigenvalue weighted by Crippen LogP contribution is -2.26. The first-order valence-electron chi connectivity index (χ1n) is 6.79. The van der Waals surface area contributed by atoms with E-state index < -0.39 is 0 Å². The zero-order valence-electron chi connectivity index (χ0n) is 11.6. The van der Waals surface area contributed by atoms with Crippen LogP contribution >= 0.6 is 0 Å². The Balaban J connectivity index is 1.81. The van der Waals surface area contributed by atoms with E-state index in [0.717, 1.165) is 12.8 Å². The molecule has 1 aromatic carbocycles. The van der Waals surface area contributed by atoms with E-state index in [1.807, 2.05) is 0 Å². The first kappa shape index (κ1) is 13.5. The van der Waals surface area contributed by atoms with Gasteiger partial charge in [-0.3, -0.25) is 4.79 Å². The fraction of sp³-hybridized carbons (Fsp3) is 0.267. The molecule has 1 saturated carbocycles. The molecule has 1 aliphatic rings. The molecule has 0 bridgehead atoms. The van der Waals surface area contributed by atoms with Gasteiger partial charge in [0.05, 0.1) is 0 Å². The number of carbonyl (C=O) groups is 1. The zero-order valence-corrected chi connectivity index (χ0v) is 11.6. The van der Waals surface area contributed by atoms with Crippen LogP contribution in [0.3, 0.4) is 0 Å². The van der Waals surface area contributed by atoms with Gasteiger partial charge < -0.3 is 10.6 Å². The van der Waals surface area contributed by atoms with E-state index in [-0.39, 0.29) is 17.8 Å². The number of benzene rings is 1. The van der Waals surface area contributed by atoms with Gasteiger partial charge in [0, 0.05) is 17.8 Å². The van der Waals surface area contributed by atoms with Crippen molar-refractivity contribution in [3.63, 3.8) is 0 Å². The molecule has 3 rings (SSSR count). The van der Waals surface area contributed by atoms with Crippen molar-refractivity contribution in [2.24, 2.45) is 0 Å². The van der Waals surface area contributed by atoms with Crippen LogP contribution in [0.15, 0.2) is 30.3 Å². The van der Waals surface area contributed by atoms with E-state index in [9.17, 15) is 9.18 Å². The molecule has 21 heavy (non-hydrogen) atoms. The van der Waals surface area contributed by atoms with Gasteiger partial charge in [0.2, 0.25) is 0 Å². The van der Waals surface area contributed by atoms with Gasteiger partial charge in [0.25, 0.3) is 5.91 Å². The molecular weight excluding hydrogens is 271 g/mol. The number of hydrogen-bond donors (Lipinski definition) is 2. The highest BCUT2D eigenvalue weighted by Crippen LogP contribution is 2.20. The summed E-state index contributed by atoms with van der Waals surface area (Å²) in [5.41, 5.74) is 0.884. The topological polar surface area (TPSA) is 66.9 Å². The first-order chi connectivity index (χ1) is 10.1. The van der Waals surface area contributed by atoms with Crippen LogP contribution in [0.1, 0.15) is 29.2 Å². The van der Waals surface area contributed by atoms with E-state index in [0.29, 0.717) is 23.0 Å². The smallest absolute Gasteiger partial charge is 0.270 e. The van der Waals surface area contributed by atoms with E-state index in [1.54, 1.807) is 25.1 Å². The maximum Gasteiger partial charge on any atom is 0.270 e. The molecule has 0 unspecified atom stereocenters. The van der Waals surface area contributed by atoms with Gasteiger partial charge in [-0.2, -0.15) is 0 Å². The van der Waals surface area contributed by atoms with Crippen molar-refractivity contribution in [3.05, 3.63) is 47.7 Å². The molecule has 1 fully saturated rings. The van der Waals surface area contributed by atoms with E-state index in [1.165, 1.54) is 12.1 Å². The Morgan fingerprint density at radius 2 is 2.10 bits per heavy atom. The largest absolute Gasteiger partial charge is 0.348 e. The number of rotatable bonds is 4. The lowest BCUT2D eigenvalue weighted by atomic mass is 10.3. The highest BCUT2D eigenvalue weighted by molar-refractivity contribution is 5.93. The predicted octanol–water partition coefficient (Wildman–Crippen LogP) is 2.56. The molecule has 2 aromatic rings. The van der Waals surface area contributed by atoms with Gasteiger partial charge in [-0.05, 0) is 38.0 Å². The molecule has 1 heterocycles. The number of nitrogens with one attached hydrogen (secondary N) is 2. The highest BCUT2D eigenvalue weighted by atomic mass is 19.1. The van der Waals surface area contributed by atoms with Crippen molar-refractivity contribution in [2.45, 2.75) is 25.8 Å². The summed E-state index contributed by atoms with van der Waals surface area (Å²) in [7, 11) is 0. The van der Waals surface area contributed by atoms with Crippen LogP contribution in [0, 0.1) is 12.7 Å². The number of nitrogens with zero attached hydrogens (tertiary/aromatic N) is 2. The number of aromatic nitrogens is 2. The van der Waals surface area contributed by atoms with Crippen molar-refractivity contribution < 1.29 is 9.18 Å². The van der Waals surface area contributed by atoms with E-state index >= 15 is 0 Å². The van der Waals surface area contributed by atoms with E-state index in [4.69, 9.17) is 0 Å². The van der Waals surface area contributed by atoms with Crippen LogP contribution in [0.4, 0.5) is 15.9 Å². The molecule has 6 heteroatoms. The number of halogens is 1. The minimum atomic E-state index is -0.336. The number of amides is 1. The van der Waals surface area contributed by atoms with Gasteiger partial charge in [-0.1, -0.05) is 6.07 Å². The summed E-state index contributed by atoms with van der Waals surface area (Å²) in [6.07, 6.45) is 2.04. The standard InChI is InChI=1S/C15H15FN4O/c1-9-17-13(15(21)20-11-5-6-11)8-14(18-9)19-12-4-2-3-10(16)7-12/h2-4,7-8,11H,5-6H2,1H3,(H,20,21)(H,17,18,19). The van der Waals surface area contributed by atoms with Crippen molar-refractivity contribution in [2.75, 3.05) is 5.32 Å². The molecule has 0 aliphatic heterocycles. The Morgan fingerprint density at radius 1 is 1.29 bits per heavy atom. The van der Waals surface area contributed by atoms with Gasteiger partial charge in [0.15, 0.2) is 0 Å². The SMILES string of the molecule is Cc1nc(Nc2cccc(F)c2)cc(C(=O)NC2CC2)n1. The Labute approximate surface area is 121 Å². The third kappa shape index (κ3) is 3.53. The minimum absolute atomic E-state index is 0.203. The summed E-state index contributed by atoms with van der Waals surface area (Å²) in [6.45, 7) is 1.71. The minimum Gasteiger partial charge on any atom is -0.348 e. The molecule has 1 amide bonds. The fourth-order valence-electron chi connectivity index (χ4n) is 1.95. The number of hydrogen-bond acceptors (Lipinski definition) is 4. The second-order valence-electron chi connectivity index (χ2n) is 5.07. The highest BCUT2D eigenvalue weighted by Gasteiger charge is 2.24. The summed E-state index contributed by atoms with van der Waals surface area (Å²) in [5, 5.41) is 5.86. The van der Waals surface area contributed by atoms with Gasteiger partial charge in [-0.25, -0.2) is 14.4 Å². The van der Waals surface area contributed by atoms with Crippen LogP contribution in [-0.4, -0.2) is 21.9 Å². The number of carbonyl (C=O) groups excluding carboxylic acids is 1.